The highest BCUT2D eigenvalue weighted by Gasteiger charge is 2.34. The SMILES string of the molecule is CNCc1cnc(N2CCCC2C2CCCC2)s1. The van der Waals surface area contributed by atoms with Crippen molar-refractivity contribution in [3.8, 4) is 0 Å². The number of hydrogen-bond donors (Lipinski definition) is 1. The van der Waals surface area contributed by atoms with Crippen molar-refractivity contribution in [2.24, 2.45) is 5.92 Å². The molecule has 1 aromatic heterocycles. The molecular formula is C14H23N3S. The molecule has 2 heterocycles. The van der Waals surface area contributed by atoms with E-state index in [1.54, 1.807) is 0 Å². The maximum Gasteiger partial charge on any atom is 0.185 e. The lowest BCUT2D eigenvalue weighted by Gasteiger charge is -2.29. The van der Waals surface area contributed by atoms with Crippen LogP contribution < -0.4 is 10.2 Å². The first kappa shape index (κ1) is 12.4. The largest absolute Gasteiger partial charge is 0.345 e. The Hall–Kier alpha value is -0.610. The Kier molecular flexibility index (Phi) is 3.85. The van der Waals surface area contributed by atoms with E-state index >= 15 is 0 Å². The molecule has 0 aromatic carbocycles. The van der Waals surface area contributed by atoms with Gasteiger partial charge in [0.15, 0.2) is 5.13 Å². The van der Waals surface area contributed by atoms with Gasteiger partial charge in [0.25, 0.3) is 0 Å². The van der Waals surface area contributed by atoms with Crippen LogP contribution in [0.5, 0.6) is 0 Å². The van der Waals surface area contributed by atoms with E-state index in [0.29, 0.717) is 0 Å². The van der Waals surface area contributed by atoms with E-state index < -0.39 is 0 Å². The molecular weight excluding hydrogens is 242 g/mol. The zero-order valence-electron chi connectivity index (χ0n) is 11.2. The second-order valence-corrected chi connectivity index (χ2v) is 6.68. The van der Waals surface area contributed by atoms with Crippen molar-refractivity contribution in [3.05, 3.63) is 11.1 Å². The molecule has 0 bridgehead atoms. The number of thiazole rings is 1. The Morgan fingerprint density at radius 1 is 1.33 bits per heavy atom. The molecule has 18 heavy (non-hydrogen) atoms. The average molecular weight is 265 g/mol. The standard InChI is InChI=1S/C14H23N3S/c1-15-9-12-10-16-14(18-12)17-8-4-7-13(17)11-5-2-3-6-11/h10-11,13,15H,2-9H2,1H3. The van der Waals surface area contributed by atoms with Gasteiger partial charge >= 0.3 is 0 Å². The zero-order chi connectivity index (χ0) is 12.4. The Bertz CT molecular complexity index is 384. The summed E-state index contributed by atoms with van der Waals surface area (Å²) in [7, 11) is 2.00. The summed E-state index contributed by atoms with van der Waals surface area (Å²) in [6, 6.07) is 0.779. The monoisotopic (exact) mass is 265 g/mol. The normalized spacial score (nSPS) is 25.2. The van der Waals surface area contributed by atoms with E-state index in [1.165, 1.54) is 55.1 Å². The molecule has 100 valence electrons. The second kappa shape index (κ2) is 5.57. The van der Waals surface area contributed by atoms with Gasteiger partial charge in [-0.3, -0.25) is 0 Å². The summed E-state index contributed by atoms with van der Waals surface area (Å²) in [6.07, 6.45) is 10.5. The number of rotatable bonds is 4. The summed E-state index contributed by atoms with van der Waals surface area (Å²) in [5, 5.41) is 4.47. The summed E-state index contributed by atoms with van der Waals surface area (Å²) in [5.41, 5.74) is 0. The molecule has 1 aliphatic carbocycles. The van der Waals surface area contributed by atoms with Gasteiger partial charge in [-0.1, -0.05) is 12.8 Å². The maximum absolute atomic E-state index is 4.64. The van der Waals surface area contributed by atoms with Gasteiger partial charge in [0.1, 0.15) is 0 Å². The number of nitrogens with one attached hydrogen (secondary N) is 1. The fourth-order valence-corrected chi connectivity index (χ4v) is 4.55. The predicted octanol–water partition coefficient (Wildman–Crippen LogP) is 3.02. The van der Waals surface area contributed by atoms with Crippen LogP contribution in [-0.2, 0) is 6.54 Å². The van der Waals surface area contributed by atoms with Crippen molar-refractivity contribution in [3.63, 3.8) is 0 Å². The van der Waals surface area contributed by atoms with Crippen molar-refractivity contribution >= 4 is 16.5 Å². The molecule has 3 nitrogen and oxygen atoms in total. The molecule has 0 amide bonds. The fourth-order valence-electron chi connectivity index (χ4n) is 3.55. The van der Waals surface area contributed by atoms with Crippen LogP contribution in [0, 0.1) is 5.92 Å². The molecule has 1 aliphatic heterocycles. The van der Waals surface area contributed by atoms with E-state index in [-0.39, 0.29) is 0 Å². The fraction of sp³-hybridized carbons (Fsp3) is 0.786. The molecule has 1 unspecified atom stereocenters. The van der Waals surface area contributed by atoms with E-state index in [0.717, 1.165) is 18.5 Å². The molecule has 3 rings (SSSR count). The number of hydrogen-bond acceptors (Lipinski definition) is 4. The highest BCUT2D eigenvalue weighted by molar-refractivity contribution is 7.15. The number of anilines is 1. The van der Waals surface area contributed by atoms with Crippen molar-refractivity contribution < 1.29 is 0 Å². The number of aromatic nitrogens is 1. The molecule has 1 N–H and O–H groups in total. The summed E-state index contributed by atoms with van der Waals surface area (Å²) < 4.78 is 0. The summed E-state index contributed by atoms with van der Waals surface area (Å²) >= 11 is 1.87. The van der Waals surface area contributed by atoms with E-state index in [9.17, 15) is 0 Å². The summed E-state index contributed by atoms with van der Waals surface area (Å²) in [4.78, 5) is 8.59. The van der Waals surface area contributed by atoms with Crippen LogP contribution in [0.4, 0.5) is 5.13 Å². The van der Waals surface area contributed by atoms with Gasteiger partial charge in [0.05, 0.1) is 0 Å². The molecule has 4 heteroatoms. The topological polar surface area (TPSA) is 28.2 Å². The Balaban J connectivity index is 1.72. The van der Waals surface area contributed by atoms with E-state index in [4.69, 9.17) is 0 Å². The van der Waals surface area contributed by atoms with Crippen molar-refractivity contribution in [1.29, 1.82) is 0 Å². The van der Waals surface area contributed by atoms with Gasteiger partial charge in [0.2, 0.25) is 0 Å². The molecule has 1 saturated carbocycles. The molecule has 0 spiro atoms. The minimum Gasteiger partial charge on any atom is -0.345 e. The Morgan fingerprint density at radius 2 is 2.17 bits per heavy atom. The van der Waals surface area contributed by atoms with Crippen molar-refractivity contribution in [2.75, 3.05) is 18.5 Å². The second-order valence-electron chi connectivity index (χ2n) is 5.59. The van der Waals surface area contributed by atoms with Crippen LogP contribution in [0.25, 0.3) is 0 Å². The van der Waals surface area contributed by atoms with Crippen LogP contribution in [-0.4, -0.2) is 24.6 Å². The highest BCUT2D eigenvalue weighted by Crippen LogP contribution is 2.38. The van der Waals surface area contributed by atoms with Gasteiger partial charge < -0.3 is 10.2 Å². The first-order chi connectivity index (χ1) is 8.88. The first-order valence-corrected chi connectivity index (χ1v) is 8.06. The molecule has 1 saturated heterocycles. The van der Waals surface area contributed by atoms with Crippen LogP contribution in [0.2, 0.25) is 0 Å². The van der Waals surface area contributed by atoms with Crippen LogP contribution in [0.3, 0.4) is 0 Å². The smallest absolute Gasteiger partial charge is 0.185 e. The minimum atomic E-state index is 0.779. The van der Waals surface area contributed by atoms with Gasteiger partial charge in [-0.2, -0.15) is 0 Å². The lowest BCUT2D eigenvalue weighted by atomic mass is 9.96. The van der Waals surface area contributed by atoms with Crippen molar-refractivity contribution in [1.82, 2.24) is 10.3 Å². The maximum atomic E-state index is 4.64. The Labute approximate surface area is 114 Å². The van der Waals surface area contributed by atoms with Crippen molar-refractivity contribution in [2.45, 2.75) is 51.1 Å². The third-order valence-corrected chi connectivity index (χ3v) is 5.42. The molecule has 1 aromatic rings. The van der Waals surface area contributed by atoms with Crippen LogP contribution >= 0.6 is 11.3 Å². The quantitative estimate of drug-likeness (QED) is 0.907. The first-order valence-electron chi connectivity index (χ1n) is 7.24. The lowest BCUT2D eigenvalue weighted by Crippen LogP contribution is -2.34. The molecule has 2 aliphatic rings. The highest BCUT2D eigenvalue weighted by atomic mass is 32.1. The summed E-state index contributed by atoms with van der Waals surface area (Å²) in [6.45, 7) is 2.16. The molecule has 1 atom stereocenters. The van der Waals surface area contributed by atoms with E-state index in [1.807, 2.05) is 24.6 Å². The zero-order valence-corrected chi connectivity index (χ0v) is 12.0. The van der Waals surface area contributed by atoms with Gasteiger partial charge in [-0.25, -0.2) is 4.98 Å². The number of nitrogens with zero attached hydrogens (tertiary/aromatic N) is 2. The van der Waals surface area contributed by atoms with Crippen LogP contribution in [0.1, 0.15) is 43.4 Å². The van der Waals surface area contributed by atoms with E-state index in [2.05, 4.69) is 15.2 Å². The average Bonchev–Trinajstić information content (AvgIpc) is 3.10. The molecule has 0 radical (unpaired) electrons. The third kappa shape index (κ3) is 2.41. The summed E-state index contributed by atoms with van der Waals surface area (Å²) in [5.74, 6) is 0.934. The van der Waals surface area contributed by atoms with Gasteiger partial charge in [0, 0.05) is 30.2 Å². The lowest BCUT2D eigenvalue weighted by molar-refractivity contribution is 0.430. The minimum absolute atomic E-state index is 0.779. The third-order valence-electron chi connectivity index (χ3n) is 4.38. The Morgan fingerprint density at radius 3 is 2.94 bits per heavy atom. The predicted molar refractivity (Wildman–Crippen MR) is 77.2 cm³/mol. The van der Waals surface area contributed by atoms with Gasteiger partial charge in [-0.15, -0.1) is 11.3 Å². The molecule has 2 fully saturated rings. The van der Waals surface area contributed by atoms with Crippen LogP contribution in [0.15, 0.2) is 6.20 Å². The van der Waals surface area contributed by atoms with Gasteiger partial charge in [-0.05, 0) is 38.6 Å².